The fourth-order valence-corrected chi connectivity index (χ4v) is 1.44. The molecule has 0 amide bonds. The summed E-state index contributed by atoms with van der Waals surface area (Å²) < 4.78 is 4.24. The van der Waals surface area contributed by atoms with E-state index < -0.39 is 28.8 Å². The first-order valence-electron chi connectivity index (χ1n) is 5.09. The van der Waals surface area contributed by atoms with Crippen LogP contribution < -0.4 is 0 Å². The number of hydrogen-bond donors (Lipinski definition) is 2. The number of aliphatic hydroxyl groups is 2. The predicted molar refractivity (Wildman–Crippen MR) is 61.5 cm³/mol. The SMILES string of the molecule is COC(=O)C(O)C(O)c1cc(C=O)cc([N+](=O)[O-])c1. The monoisotopic (exact) mass is 269 g/mol. The van der Waals surface area contributed by atoms with Crippen LogP contribution in [0.25, 0.3) is 0 Å². The molecule has 0 bridgehead atoms. The maximum absolute atomic E-state index is 11.1. The summed E-state index contributed by atoms with van der Waals surface area (Å²) in [6, 6.07) is 3.11. The Kier molecular flexibility index (Phi) is 4.67. The number of nitro groups is 1. The van der Waals surface area contributed by atoms with Crippen LogP contribution >= 0.6 is 0 Å². The second kappa shape index (κ2) is 6.03. The molecule has 0 heterocycles. The lowest BCUT2D eigenvalue weighted by Crippen LogP contribution is -2.29. The Bertz CT molecular complexity index is 514. The number of aliphatic hydroxyl groups excluding tert-OH is 2. The molecule has 19 heavy (non-hydrogen) atoms. The fourth-order valence-electron chi connectivity index (χ4n) is 1.44. The van der Waals surface area contributed by atoms with Gasteiger partial charge in [0.15, 0.2) is 6.10 Å². The van der Waals surface area contributed by atoms with E-state index in [1.807, 2.05) is 0 Å². The smallest absolute Gasteiger partial charge is 0.337 e. The molecule has 0 aliphatic carbocycles. The Morgan fingerprint density at radius 1 is 1.42 bits per heavy atom. The lowest BCUT2D eigenvalue weighted by atomic mass is 10.0. The number of rotatable bonds is 5. The molecule has 0 aromatic heterocycles. The Labute approximate surface area is 107 Å². The molecular weight excluding hydrogens is 258 g/mol. The third kappa shape index (κ3) is 3.33. The van der Waals surface area contributed by atoms with Crippen LogP contribution in [0.1, 0.15) is 22.0 Å². The molecule has 1 rings (SSSR count). The Morgan fingerprint density at radius 3 is 2.53 bits per heavy atom. The normalized spacial score (nSPS) is 13.4. The summed E-state index contributed by atoms with van der Waals surface area (Å²) in [6.07, 6.45) is -3.27. The van der Waals surface area contributed by atoms with Crippen molar-refractivity contribution in [1.82, 2.24) is 0 Å². The van der Waals surface area contributed by atoms with Crippen molar-refractivity contribution in [2.75, 3.05) is 7.11 Å². The molecule has 0 aliphatic rings. The zero-order chi connectivity index (χ0) is 14.6. The van der Waals surface area contributed by atoms with E-state index in [-0.39, 0.29) is 11.1 Å². The first kappa shape index (κ1) is 14.7. The third-order valence-corrected chi connectivity index (χ3v) is 2.39. The number of ether oxygens (including phenoxy) is 1. The average Bonchev–Trinajstić information content (AvgIpc) is 2.43. The second-order valence-corrected chi connectivity index (χ2v) is 3.65. The van der Waals surface area contributed by atoms with Crippen LogP contribution in [0.15, 0.2) is 18.2 Å². The minimum absolute atomic E-state index is 0.0553. The van der Waals surface area contributed by atoms with Gasteiger partial charge in [0, 0.05) is 17.7 Å². The molecule has 0 saturated heterocycles. The summed E-state index contributed by atoms with van der Waals surface area (Å²) in [5.74, 6) is -1.09. The summed E-state index contributed by atoms with van der Waals surface area (Å²) in [5, 5.41) is 29.8. The van der Waals surface area contributed by atoms with Crippen molar-refractivity contribution >= 4 is 17.9 Å². The van der Waals surface area contributed by atoms with Crippen molar-refractivity contribution < 1.29 is 29.5 Å². The Balaban J connectivity index is 3.18. The van der Waals surface area contributed by atoms with Crippen LogP contribution in [0.4, 0.5) is 5.69 Å². The number of nitro benzene ring substituents is 1. The van der Waals surface area contributed by atoms with Gasteiger partial charge in [-0.15, -0.1) is 0 Å². The number of esters is 1. The molecule has 2 N–H and O–H groups in total. The summed E-state index contributed by atoms with van der Waals surface area (Å²) in [6.45, 7) is 0. The lowest BCUT2D eigenvalue weighted by Gasteiger charge is -2.16. The van der Waals surface area contributed by atoms with E-state index in [0.29, 0.717) is 6.29 Å². The predicted octanol–water partition coefficient (Wildman–Crippen LogP) is -0.0254. The molecule has 8 heteroatoms. The maximum Gasteiger partial charge on any atom is 0.337 e. The van der Waals surface area contributed by atoms with Crippen molar-refractivity contribution in [1.29, 1.82) is 0 Å². The summed E-state index contributed by atoms with van der Waals surface area (Å²) in [5.41, 5.74) is -0.620. The van der Waals surface area contributed by atoms with Gasteiger partial charge in [0.05, 0.1) is 12.0 Å². The molecule has 0 fully saturated rings. The number of methoxy groups -OCH3 is 1. The van der Waals surface area contributed by atoms with E-state index in [4.69, 9.17) is 0 Å². The molecule has 0 radical (unpaired) electrons. The number of aldehydes is 1. The number of benzene rings is 1. The van der Waals surface area contributed by atoms with E-state index in [1.54, 1.807) is 0 Å². The molecule has 0 aliphatic heterocycles. The minimum Gasteiger partial charge on any atom is -0.467 e. The van der Waals surface area contributed by atoms with Crippen molar-refractivity contribution in [3.63, 3.8) is 0 Å². The summed E-state index contributed by atoms with van der Waals surface area (Å²) >= 11 is 0. The highest BCUT2D eigenvalue weighted by atomic mass is 16.6. The van der Waals surface area contributed by atoms with Gasteiger partial charge in [-0.25, -0.2) is 4.79 Å². The van der Waals surface area contributed by atoms with Crippen molar-refractivity contribution in [3.8, 4) is 0 Å². The van der Waals surface area contributed by atoms with Gasteiger partial charge in [0.2, 0.25) is 0 Å². The molecule has 0 saturated carbocycles. The van der Waals surface area contributed by atoms with Gasteiger partial charge in [-0.2, -0.15) is 0 Å². The number of nitrogens with zero attached hydrogens (tertiary/aromatic N) is 1. The first-order chi connectivity index (χ1) is 8.90. The molecular formula is C11H11NO7. The van der Waals surface area contributed by atoms with Crippen LogP contribution in [0.5, 0.6) is 0 Å². The van der Waals surface area contributed by atoms with Crippen molar-refractivity contribution in [2.45, 2.75) is 12.2 Å². The van der Waals surface area contributed by atoms with Gasteiger partial charge >= 0.3 is 5.97 Å². The number of hydrogen-bond acceptors (Lipinski definition) is 7. The van der Waals surface area contributed by atoms with E-state index in [1.165, 1.54) is 0 Å². The second-order valence-electron chi connectivity index (χ2n) is 3.65. The molecule has 0 spiro atoms. The minimum atomic E-state index is -1.90. The maximum atomic E-state index is 11.1. The zero-order valence-corrected chi connectivity index (χ0v) is 9.85. The molecule has 1 aromatic carbocycles. The average molecular weight is 269 g/mol. The van der Waals surface area contributed by atoms with Crippen molar-refractivity contribution in [3.05, 3.63) is 39.4 Å². The number of non-ortho nitro benzene ring substituents is 1. The van der Waals surface area contributed by atoms with E-state index in [9.17, 15) is 29.9 Å². The number of carbonyl (C=O) groups is 2. The third-order valence-electron chi connectivity index (χ3n) is 2.39. The van der Waals surface area contributed by atoms with E-state index in [0.717, 1.165) is 25.3 Å². The van der Waals surface area contributed by atoms with Crippen LogP contribution in [0.2, 0.25) is 0 Å². The lowest BCUT2D eigenvalue weighted by molar-refractivity contribution is -0.385. The highest BCUT2D eigenvalue weighted by molar-refractivity contribution is 5.78. The molecule has 102 valence electrons. The van der Waals surface area contributed by atoms with Crippen molar-refractivity contribution in [2.24, 2.45) is 0 Å². The van der Waals surface area contributed by atoms with Crippen LogP contribution in [0, 0.1) is 10.1 Å². The Morgan fingerprint density at radius 2 is 2.05 bits per heavy atom. The van der Waals surface area contributed by atoms with E-state index >= 15 is 0 Å². The van der Waals surface area contributed by atoms with Crippen LogP contribution in [-0.4, -0.2) is 40.6 Å². The van der Waals surface area contributed by atoms with Gasteiger partial charge in [-0.05, 0) is 11.6 Å². The number of carbonyl (C=O) groups excluding carboxylic acids is 2. The Hall–Kier alpha value is -2.32. The molecule has 2 unspecified atom stereocenters. The van der Waals surface area contributed by atoms with Crippen LogP contribution in [0.3, 0.4) is 0 Å². The standard InChI is InChI=1S/C11H11NO7/c1-19-11(16)10(15)9(14)7-2-6(5-13)3-8(4-7)12(17)18/h2-5,9-10,14-15H,1H3. The first-order valence-corrected chi connectivity index (χ1v) is 5.09. The molecule has 2 atom stereocenters. The fraction of sp³-hybridized carbons (Fsp3) is 0.273. The van der Waals surface area contributed by atoms with Gasteiger partial charge in [0.1, 0.15) is 12.4 Å². The van der Waals surface area contributed by atoms with Gasteiger partial charge in [0.25, 0.3) is 5.69 Å². The quantitative estimate of drug-likeness (QED) is 0.332. The van der Waals surface area contributed by atoms with Gasteiger partial charge < -0.3 is 14.9 Å². The topological polar surface area (TPSA) is 127 Å². The van der Waals surface area contributed by atoms with Crippen LogP contribution in [-0.2, 0) is 9.53 Å². The zero-order valence-electron chi connectivity index (χ0n) is 9.85. The summed E-state index contributed by atoms with van der Waals surface area (Å²) in [7, 11) is 1.02. The summed E-state index contributed by atoms with van der Waals surface area (Å²) in [4.78, 5) is 31.6. The van der Waals surface area contributed by atoms with Gasteiger partial charge in [-0.3, -0.25) is 14.9 Å². The highest BCUT2D eigenvalue weighted by Crippen LogP contribution is 2.24. The molecule has 8 nitrogen and oxygen atoms in total. The van der Waals surface area contributed by atoms with Gasteiger partial charge in [-0.1, -0.05) is 0 Å². The van der Waals surface area contributed by atoms with E-state index in [2.05, 4.69) is 4.74 Å². The molecule has 1 aromatic rings. The highest BCUT2D eigenvalue weighted by Gasteiger charge is 2.28. The largest absolute Gasteiger partial charge is 0.467 e.